The van der Waals surface area contributed by atoms with Gasteiger partial charge in [-0.2, -0.15) is 13.2 Å². The minimum Gasteiger partial charge on any atom is -0.490 e. The minimum absolute atomic E-state index is 0.148. The molecule has 0 amide bonds. The van der Waals surface area contributed by atoms with E-state index < -0.39 is 12.8 Å². The van der Waals surface area contributed by atoms with Gasteiger partial charge in [-0.05, 0) is 26.0 Å². The van der Waals surface area contributed by atoms with Crippen LogP contribution in [0.2, 0.25) is 5.02 Å². The normalized spacial score (nSPS) is 12.0. The molecule has 0 N–H and O–H groups in total. The summed E-state index contributed by atoms with van der Waals surface area (Å²) in [6.07, 6.45) is -4.58. The molecule has 1 heterocycles. The Bertz CT molecular complexity index is 644. The lowest BCUT2D eigenvalue weighted by molar-refractivity contribution is -0.154. The third-order valence-electron chi connectivity index (χ3n) is 2.48. The summed E-state index contributed by atoms with van der Waals surface area (Å²) < 4.78 is 47.0. The fourth-order valence-corrected chi connectivity index (χ4v) is 1.96. The van der Waals surface area contributed by atoms with Crippen molar-refractivity contribution in [2.45, 2.75) is 26.1 Å². The van der Waals surface area contributed by atoms with Crippen LogP contribution in [0, 0.1) is 0 Å². The van der Waals surface area contributed by atoms with Crippen molar-refractivity contribution in [3.63, 3.8) is 0 Å². The van der Waals surface area contributed by atoms with E-state index >= 15 is 0 Å². The van der Waals surface area contributed by atoms with Gasteiger partial charge < -0.3 is 9.47 Å². The van der Waals surface area contributed by atoms with Gasteiger partial charge in [0.1, 0.15) is 5.75 Å². The van der Waals surface area contributed by atoms with E-state index in [1.165, 1.54) is 6.07 Å². The summed E-state index contributed by atoms with van der Waals surface area (Å²) in [4.78, 5) is 4.01. The van der Waals surface area contributed by atoms with Crippen LogP contribution in [0.1, 0.15) is 13.8 Å². The Morgan fingerprint density at radius 3 is 2.62 bits per heavy atom. The third-order valence-corrected chi connectivity index (χ3v) is 2.78. The van der Waals surface area contributed by atoms with Crippen LogP contribution in [0.5, 0.6) is 11.6 Å². The number of hydrogen-bond acceptors (Lipinski definition) is 3. The van der Waals surface area contributed by atoms with E-state index in [4.69, 9.17) is 16.3 Å². The second kappa shape index (κ2) is 5.97. The molecule has 7 heteroatoms. The van der Waals surface area contributed by atoms with E-state index in [0.29, 0.717) is 21.7 Å². The van der Waals surface area contributed by atoms with E-state index in [-0.39, 0.29) is 12.0 Å². The van der Waals surface area contributed by atoms with Gasteiger partial charge >= 0.3 is 6.18 Å². The highest BCUT2D eigenvalue weighted by atomic mass is 35.5. The van der Waals surface area contributed by atoms with Gasteiger partial charge in [-0.1, -0.05) is 17.7 Å². The topological polar surface area (TPSA) is 31.4 Å². The maximum atomic E-state index is 12.2. The summed E-state index contributed by atoms with van der Waals surface area (Å²) in [6.45, 7) is 2.21. The maximum absolute atomic E-state index is 12.2. The zero-order chi connectivity index (χ0) is 15.6. The Hall–Kier alpha value is -1.69. The molecule has 1 aromatic heterocycles. The van der Waals surface area contributed by atoms with Crippen molar-refractivity contribution in [1.82, 2.24) is 4.98 Å². The number of rotatable bonds is 4. The number of alkyl halides is 3. The molecule has 0 spiro atoms. The van der Waals surface area contributed by atoms with Crippen LogP contribution < -0.4 is 9.47 Å². The second-order valence-corrected chi connectivity index (χ2v) is 5.07. The number of nitrogens with zero attached hydrogens (tertiary/aromatic N) is 1. The monoisotopic (exact) mass is 319 g/mol. The quantitative estimate of drug-likeness (QED) is 0.824. The first-order valence-electron chi connectivity index (χ1n) is 6.22. The second-order valence-electron chi connectivity index (χ2n) is 4.67. The van der Waals surface area contributed by atoms with Crippen molar-refractivity contribution in [2.75, 3.05) is 6.61 Å². The Balaban J connectivity index is 2.45. The number of hydrogen-bond donors (Lipinski definition) is 0. The van der Waals surface area contributed by atoms with Crippen molar-refractivity contribution in [1.29, 1.82) is 0 Å². The largest absolute Gasteiger partial charge is 0.490 e. The van der Waals surface area contributed by atoms with Gasteiger partial charge in [-0.25, -0.2) is 4.98 Å². The summed E-state index contributed by atoms with van der Waals surface area (Å²) >= 11 is 6.03. The van der Waals surface area contributed by atoms with Crippen LogP contribution in [0.25, 0.3) is 10.9 Å². The van der Waals surface area contributed by atoms with Gasteiger partial charge in [0.25, 0.3) is 0 Å². The van der Waals surface area contributed by atoms with E-state index in [9.17, 15) is 13.2 Å². The van der Waals surface area contributed by atoms with E-state index in [1.54, 1.807) is 18.2 Å². The lowest BCUT2D eigenvalue weighted by Gasteiger charge is -2.15. The van der Waals surface area contributed by atoms with Crippen molar-refractivity contribution >= 4 is 22.5 Å². The lowest BCUT2D eigenvalue weighted by Crippen LogP contribution is -2.19. The Morgan fingerprint density at radius 1 is 1.29 bits per heavy atom. The van der Waals surface area contributed by atoms with Crippen molar-refractivity contribution < 1.29 is 22.6 Å². The SMILES string of the molecule is CC(C)Oc1cc(OCC(F)(F)F)nc2c(Cl)cccc12. The summed E-state index contributed by atoms with van der Waals surface area (Å²) in [5.41, 5.74) is 0.342. The predicted octanol–water partition coefficient (Wildman–Crippen LogP) is 4.62. The average molecular weight is 320 g/mol. The standard InChI is InChI=1S/C14H13ClF3NO2/c1-8(2)21-11-6-12(20-7-14(16,17)18)19-13-9(11)4-3-5-10(13)15/h3-6,8H,7H2,1-2H3. The zero-order valence-corrected chi connectivity index (χ0v) is 12.1. The first-order valence-corrected chi connectivity index (χ1v) is 6.59. The smallest absolute Gasteiger partial charge is 0.422 e. The molecule has 0 saturated carbocycles. The molecule has 0 aliphatic rings. The lowest BCUT2D eigenvalue weighted by atomic mass is 10.2. The molecular formula is C14H13ClF3NO2. The van der Waals surface area contributed by atoms with Crippen molar-refractivity contribution in [3.05, 3.63) is 29.3 Å². The van der Waals surface area contributed by atoms with Gasteiger partial charge in [-0.3, -0.25) is 0 Å². The first kappa shape index (κ1) is 15.7. The molecule has 1 aromatic carbocycles. The minimum atomic E-state index is -4.43. The molecule has 0 fully saturated rings. The Morgan fingerprint density at radius 2 is 2.00 bits per heavy atom. The molecule has 2 rings (SSSR count). The molecule has 0 bridgehead atoms. The summed E-state index contributed by atoms with van der Waals surface area (Å²) in [5, 5.41) is 0.939. The summed E-state index contributed by atoms with van der Waals surface area (Å²) in [5.74, 6) is 0.207. The van der Waals surface area contributed by atoms with Gasteiger partial charge in [0.05, 0.1) is 16.6 Å². The summed E-state index contributed by atoms with van der Waals surface area (Å²) in [7, 11) is 0. The molecule has 21 heavy (non-hydrogen) atoms. The summed E-state index contributed by atoms with van der Waals surface area (Å²) in [6, 6.07) is 6.39. The zero-order valence-electron chi connectivity index (χ0n) is 11.4. The van der Waals surface area contributed by atoms with Gasteiger partial charge in [0.2, 0.25) is 5.88 Å². The number of benzene rings is 1. The Labute approximate surface area is 124 Å². The molecule has 0 aliphatic carbocycles. The average Bonchev–Trinajstić information content (AvgIpc) is 2.36. The number of pyridine rings is 1. The predicted molar refractivity (Wildman–Crippen MR) is 74.1 cm³/mol. The highest BCUT2D eigenvalue weighted by Crippen LogP contribution is 2.33. The van der Waals surface area contributed by atoms with Crippen LogP contribution in [0.3, 0.4) is 0 Å². The van der Waals surface area contributed by atoms with Gasteiger partial charge in [-0.15, -0.1) is 0 Å². The molecule has 0 saturated heterocycles. The molecule has 0 aliphatic heterocycles. The van der Waals surface area contributed by atoms with Crippen molar-refractivity contribution in [3.8, 4) is 11.6 Å². The van der Waals surface area contributed by atoms with Crippen LogP contribution >= 0.6 is 11.6 Å². The number of fused-ring (bicyclic) bond motifs is 1. The van der Waals surface area contributed by atoms with Crippen LogP contribution in [-0.4, -0.2) is 23.9 Å². The molecule has 0 radical (unpaired) electrons. The van der Waals surface area contributed by atoms with Gasteiger partial charge in [0, 0.05) is 11.5 Å². The molecule has 2 aromatic rings. The van der Waals surface area contributed by atoms with Crippen LogP contribution in [0.4, 0.5) is 13.2 Å². The fraction of sp³-hybridized carbons (Fsp3) is 0.357. The molecule has 114 valence electrons. The van der Waals surface area contributed by atoms with E-state index in [1.807, 2.05) is 13.8 Å². The van der Waals surface area contributed by atoms with E-state index in [2.05, 4.69) is 9.72 Å². The number of ether oxygens (including phenoxy) is 2. The number of halogens is 4. The highest BCUT2D eigenvalue weighted by Gasteiger charge is 2.29. The molecule has 3 nitrogen and oxygen atoms in total. The Kier molecular flexibility index (Phi) is 4.46. The molecule has 0 unspecified atom stereocenters. The third kappa shape index (κ3) is 4.14. The molecule has 0 atom stereocenters. The fourth-order valence-electron chi connectivity index (χ4n) is 1.74. The highest BCUT2D eigenvalue weighted by molar-refractivity contribution is 6.35. The van der Waals surface area contributed by atoms with Crippen LogP contribution in [-0.2, 0) is 0 Å². The number of aromatic nitrogens is 1. The molecular weight excluding hydrogens is 307 g/mol. The van der Waals surface area contributed by atoms with Crippen LogP contribution in [0.15, 0.2) is 24.3 Å². The first-order chi connectivity index (χ1) is 9.76. The van der Waals surface area contributed by atoms with E-state index in [0.717, 1.165) is 0 Å². The van der Waals surface area contributed by atoms with Crippen molar-refractivity contribution in [2.24, 2.45) is 0 Å². The number of para-hydroxylation sites is 1. The maximum Gasteiger partial charge on any atom is 0.422 e. The van der Waals surface area contributed by atoms with Gasteiger partial charge in [0.15, 0.2) is 6.61 Å².